The zero-order valence-corrected chi connectivity index (χ0v) is 11.7. The molecule has 0 radical (unpaired) electrons. The van der Waals surface area contributed by atoms with Gasteiger partial charge in [0, 0.05) is 16.6 Å². The molecule has 2 heterocycles. The highest BCUT2D eigenvalue weighted by Crippen LogP contribution is 2.23. The first-order chi connectivity index (χ1) is 8.81. The highest BCUT2D eigenvalue weighted by atomic mass is 32.2. The van der Waals surface area contributed by atoms with Gasteiger partial charge in [0.15, 0.2) is 5.82 Å². The Kier molecular flexibility index (Phi) is 3.33. The summed E-state index contributed by atoms with van der Waals surface area (Å²) in [5.41, 5.74) is 1.45. The fraction of sp³-hybridized carbons (Fsp3) is 0.200. The Hall–Kier alpha value is -1.87. The molecule has 0 aliphatic heterocycles. The van der Waals surface area contributed by atoms with Crippen molar-refractivity contribution in [2.24, 2.45) is 0 Å². The predicted octanol–water partition coefficient (Wildman–Crippen LogP) is 1.59. The van der Waals surface area contributed by atoms with Crippen molar-refractivity contribution in [2.45, 2.75) is 18.7 Å². The number of carboxylic acid groups (broad SMARTS) is 1. The van der Waals surface area contributed by atoms with E-state index in [1.165, 1.54) is 5.38 Å². The third-order valence-electron chi connectivity index (χ3n) is 2.58. The van der Waals surface area contributed by atoms with Gasteiger partial charge in [-0.25, -0.2) is 13.2 Å². The first-order valence-electron chi connectivity index (χ1n) is 5.17. The number of aromatic nitrogens is 2. The lowest BCUT2D eigenvalue weighted by molar-refractivity contribution is 0.0702. The zero-order chi connectivity index (χ0) is 14.2. The molecule has 0 saturated carbocycles. The van der Waals surface area contributed by atoms with Crippen LogP contribution in [0, 0.1) is 13.8 Å². The van der Waals surface area contributed by atoms with E-state index in [0.29, 0.717) is 5.56 Å². The van der Waals surface area contributed by atoms with Crippen LogP contribution in [0.15, 0.2) is 16.3 Å². The Labute approximate surface area is 113 Å². The van der Waals surface area contributed by atoms with Crippen LogP contribution < -0.4 is 4.72 Å². The molecule has 2 aromatic rings. The second kappa shape index (κ2) is 4.67. The van der Waals surface area contributed by atoms with Gasteiger partial charge in [-0.1, -0.05) is 0 Å². The van der Waals surface area contributed by atoms with Crippen molar-refractivity contribution in [1.82, 2.24) is 10.2 Å². The number of carboxylic acids is 1. The van der Waals surface area contributed by atoms with E-state index in [9.17, 15) is 13.2 Å². The molecule has 0 unspecified atom stereocenters. The molecule has 2 rings (SSSR count). The normalized spacial score (nSPS) is 11.5. The van der Waals surface area contributed by atoms with Crippen LogP contribution in [0.25, 0.3) is 0 Å². The number of anilines is 1. The van der Waals surface area contributed by atoms with Crippen LogP contribution in [-0.2, 0) is 10.0 Å². The monoisotopic (exact) mass is 301 g/mol. The Morgan fingerprint density at radius 2 is 2.16 bits per heavy atom. The third-order valence-corrected chi connectivity index (χ3v) is 4.97. The largest absolute Gasteiger partial charge is 0.477 e. The van der Waals surface area contributed by atoms with Gasteiger partial charge in [-0.15, -0.1) is 11.3 Å². The van der Waals surface area contributed by atoms with Crippen molar-refractivity contribution in [2.75, 3.05) is 4.72 Å². The maximum absolute atomic E-state index is 12.0. The number of hydrogen-bond donors (Lipinski definition) is 3. The summed E-state index contributed by atoms with van der Waals surface area (Å²) in [4.78, 5) is 10.6. The molecule has 0 aliphatic carbocycles. The Balaban J connectivity index is 2.32. The predicted molar refractivity (Wildman–Crippen MR) is 70.1 cm³/mol. The van der Waals surface area contributed by atoms with Gasteiger partial charge in [-0.05, 0) is 19.9 Å². The third kappa shape index (κ3) is 2.61. The quantitative estimate of drug-likeness (QED) is 0.793. The van der Waals surface area contributed by atoms with E-state index in [2.05, 4.69) is 14.9 Å². The summed E-state index contributed by atoms with van der Waals surface area (Å²) in [6.07, 6.45) is 0. The number of hydrogen-bond acceptors (Lipinski definition) is 5. The molecule has 19 heavy (non-hydrogen) atoms. The van der Waals surface area contributed by atoms with Crippen LogP contribution in [0.3, 0.4) is 0 Å². The number of aromatic carboxylic acids is 1. The molecule has 0 spiro atoms. The molecule has 0 bridgehead atoms. The van der Waals surface area contributed by atoms with Crippen LogP contribution in [-0.4, -0.2) is 29.7 Å². The molecule has 102 valence electrons. The minimum Gasteiger partial charge on any atom is -0.477 e. The molecule has 0 fully saturated rings. The highest BCUT2D eigenvalue weighted by Gasteiger charge is 2.20. The minimum absolute atomic E-state index is 0.0321. The number of rotatable bonds is 4. The van der Waals surface area contributed by atoms with Crippen LogP contribution in [0.1, 0.15) is 20.9 Å². The fourth-order valence-corrected chi connectivity index (χ4v) is 3.52. The van der Waals surface area contributed by atoms with Gasteiger partial charge in [-0.2, -0.15) is 5.10 Å². The minimum atomic E-state index is -3.82. The van der Waals surface area contributed by atoms with Crippen LogP contribution in [0.2, 0.25) is 0 Å². The maximum Gasteiger partial charge on any atom is 0.345 e. The first-order valence-corrected chi connectivity index (χ1v) is 7.54. The summed E-state index contributed by atoms with van der Waals surface area (Å²) in [5.74, 6) is -0.946. The second-order valence-corrected chi connectivity index (χ2v) is 6.47. The van der Waals surface area contributed by atoms with Crippen molar-refractivity contribution in [3.63, 3.8) is 0 Å². The average molecular weight is 301 g/mol. The van der Waals surface area contributed by atoms with Gasteiger partial charge in [0.05, 0.1) is 4.90 Å². The molecule has 0 aromatic carbocycles. The van der Waals surface area contributed by atoms with Crippen molar-refractivity contribution in [3.8, 4) is 0 Å². The van der Waals surface area contributed by atoms with E-state index in [1.54, 1.807) is 13.8 Å². The van der Waals surface area contributed by atoms with Crippen molar-refractivity contribution in [3.05, 3.63) is 27.6 Å². The zero-order valence-electron chi connectivity index (χ0n) is 10.1. The van der Waals surface area contributed by atoms with Gasteiger partial charge >= 0.3 is 5.97 Å². The van der Waals surface area contributed by atoms with E-state index in [4.69, 9.17) is 5.11 Å². The van der Waals surface area contributed by atoms with E-state index >= 15 is 0 Å². The summed E-state index contributed by atoms with van der Waals surface area (Å²) in [7, 11) is -3.82. The van der Waals surface area contributed by atoms with E-state index in [1.807, 2.05) is 0 Å². The number of nitrogens with zero attached hydrogens (tertiary/aromatic N) is 1. The number of thiophene rings is 1. The SMILES string of the molecule is Cc1[nH]nc(NS(=O)(=O)c2csc(C(=O)O)c2)c1C. The number of aryl methyl sites for hydroxylation is 1. The van der Waals surface area contributed by atoms with Crippen molar-refractivity contribution < 1.29 is 18.3 Å². The van der Waals surface area contributed by atoms with Crippen molar-refractivity contribution >= 4 is 33.1 Å². The van der Waals surface area contributed by atoms with Crippen molar-refractivity contribution in [1.29, 1.82) is 0 Å². The smallest absolute Gasteiger partial charge is 0.345 e. The lowest BCUT2D eigenvalue weighted by atomic mass is 10.3. The molecule has 2 aromatic heterocycles. The first kappa shape index (κ1) is 13.6. The molecule has 0 amide bonds. The standard InChI is InChI=1S/C10H11N3O4S2/c1-5-6(2)11-12-9(5)13-19(16,17)7-3-8(10(14)15)18-4-7/h3-4H,1-2H3,(H,14,15)(H2,11,12,13). The van der Waals surface area contributed by atoms with Crippen LogP contribution in [0.4, 0.5) is 5.82 Å². The number of sulfonamides is 1. The van der Waals surface area contributed by atoms with E-state index in [-0.39, 0.29) is 15.6 Å². The topological polar surface area (TPSA) is 112 Å². The summed E-state index contributed by atoms with van der Waals surface area (Å²) in [5, 5.41) is 16.6. The fourth-order valence-electron chi connectivity index (χ4n) is 1.34. The maximum atomic E-state index is 12.0. The number of carbonyl (C=O) groups is 1. The Morgan fingerprint density at radius 3 is 2.63 bits per heavy atom. The highest BCUT2D eigenvalue weighted by molar-refractivity contribution is 7.92. The number of aromatic amines is 1. The van der Waals surface area contributed by atoms with Gasteiger partial charge in [0.1, 0.15) is 4.88 Å². The molecule has 0 saturated heterocycles. The molecular weight excluding hydrogens is 290 g/mol. The molecule has 0 aliphatic rings. The second-order valence-electron chi connectivity index (χ2n) is 3.88. The summed E-state index contributed by atoms with van der Waals surface area (Å²) < 4.78 is 26.4. The molecule has 9 heteroatoms. The van der Waals surface area contributed by atoms with Gasteiger partial charge in [0.2, 0.25) is 0 Å². The molecule has 3 N–H and O–H groups in total. The summed E-state index contributed by atoms with van der Waals surface area (Å²) in [6, 6.07) is 1.12. The summed E-state index contributed by atoms with van der Waals surface area (Å²) in [6.45, 7) is 3.50. The molecule has 0 atom stereocenters. The van der Waals surface area contributed by atoms with E-state index < -0.39 is 16.0 Å². The lowest BCUT2D eigenvalue weighted by Crippen LogP contribution is -2.13. The molecular formula is C10H11N3O4S2. The average Bonchev–Trinajstić information content (AvgIpc) is 2.92. The van der Waals surface area contributed by atoms with Crippen LogP contribution >= 0.6 is 11.3 Å². The molecule has 7 nitrogen and oxygen atoms in total. The Bertz CT molecular complexity index is 730. The van der Waals surface area contributed by atoms with Gasteiger partial charge in [-0.3, -0.25) is 9.82 Å². The van der Waals surface area contributed by atoms with Crippen LogP contribution in [0.5, 0.6) is 0 Å². The number of H-pyrrole nitrogens is 1. The number of nitrogens with one attached hydrogen (secondary N) is 2. The summed E-state index contributed by atoms with van der Waals surface area (Å²) >= 11 is 0.858. The van der Waals surface area contributed by atoms with Gasteiger partial charge in [0.25, 0.3) is 10.0 Å². The van der Waals surface area contributed by atoms with Gasteiger partial charge < -0.3 is 5.11 Å². The Morgan fingerprint density at radius 1 is 1.47 bits per heavy atom. The van der Waals surface area contributed by atoms with E-state index in [0.717, 1.165) is 23.1 Å². The lowest BCUT2D eigenvalue weighted by Gasteiger charge is -2.03.